The Hall–Kier alpha value is -3.03. The molecule has 5 atom stereocenters. The Bertz CT molecular complexity index is 1410. The van der Waals surface area contributed by atoms with Crippen molar-refractivity contribution in [1.29, 1.82) is 0 Å². The topological polar surface area (TPSA) is 85.3 Å². The lowest BCUT2D eigenvalue weighted by molar-refractivity contribution is -0.148. The number of rotatable bonds is 7. The zero-order valence-corrected chi connectivity index (χ0v) is 25.9. The molecule has 230 valence electrons. The maximum atomic E-state index is 12.5. The lowest BCUT2D eigenvalue weighted by Crippen LogP contribution is -2.50. The van der Waals surface area contributed by atoms with Crippen LogP contribution in [0.4, 0.5) is 5.69 Å². The van der Waals surface area contributed by atoms with E-state index in [4.69, 9.17) is 25.8 Å². The van der Waals surface area contributed by atoms with Crippen molar-refractivity contribution >= 4 is 29.2 Å². The molecule has 0 bridgehead atoms. The number of esters is 2. The molecule has 1 saturated carbocycles. The summed E-state index contributed by atoms with van der Waals surface area (Å²) < 4.78 is 16.8. The molecule has 0 radical (unpaired) electrons. The summed E-state index contributed by atoms with van der Waals surface area (Å²) in [5.74, 6) is 0.577. The van der Waals surface area contributed by atoms with Gasteiger partial charge in [0.1, 0.15) is 5.75 Å². The van der Waals surface area contributed by atoms with Gasteiger partial charge in [-0.1, -0.05) is 23.7 Å². The van der Waals surface area contributed by atoms with E-state index in [9.17, 15) is 14.7 Å². The number of aliphatic hydroxyl groups is 1. The van der Waals surface area contributed by atoms with E-state index in [1.54, 1.807) is 6.07 Å². The third-order valence-corrected chi connectivity index (χ3v) is 10.5. The number of anilines is 1. The van der Waals surface area contributed by atoms with Gasteiger partial charge in [0.2, 0.25) is 0 Å². The summed E-state index contributed by atoms with van der Waals surface area (Å²) in [4.78, 5) is 27.1. The fourth-order valence-electron chi connectivity index (χ4n) is 7.75. The highest BCUT2D eigenvalue weighted by Gasteiger charge is 2.45. The highest BCUT2D eigenvalue weighted by Crippen LogP contribution is 2.47. The van der Waals surface area contributed by atoms with E-state index in [1.165, 1.54) is 18.2 Å². The molecule has 3 aliphatic carbocycles. The number of nitrogens with zero attached hydrogens (tertiary/aromatic N) is 1. The van der Waals surface area contributed by atoms with Crippen LogP contribution in [-0.4, -0.2) is 56.6 Å². The third kappa shape index (κ3) is 5.91. The van der Waals surface area contributed by atoms with Crippen LogP contribution >= 0.6 is 11.6 Å². The molecule has 0 aromatic heterocycles. The minimum Gasteiger partial charge on any atom is -0.490 e. The number of carbonyl (C=O) groups excluding carboxylic acids is 2. The molecule has 0 amide bonds. The fraction of sp³-hybridized carbons (Fsp3) is 0.543. The minimum absolute atomic E-state index is 0.116. The number of carbonyl (C=O) groups is 2. The second-order valence-electron chi connectivity index (χ2n) is 12.7. The van der Waals surface area contributed by atoms with Gasteiger partial charge >= 0.3 is 11.9 Å². The molecular formula is C35H42ClNO6. The number of methoxy groups -OCH3 is 1. The van der Waals surface area contributed by atoms with E-state index in [0.29, 0.717) is 25.2 Å². The predicted octanol–water partition coefficient (Wildman–Crippen LogP) is 6.28. The highest BCUT2D eigenvalue weighted by molar-refractivity contribution is 6.30. The number of hydrogen-bond acceptors (Lipinski definition) is 7. The van der Waals surface area contributed by atoms with Crippen LogP contribution in [-0.2, 0) is 26.1 Å². The molecular weight excluding hydrogens is 566 g/mol. The van der Waals surface area contributed by atoms with Gasteiger partial charge in [0, 0.05) is 23.5 Å². The lowest BCUT2D eigenvalue weighted by atomic mass is 9.67. The molecule has 1 heterocycles. The largest absolute Gasteiger partial charge is 0.490 e. The van der Waals surface area contributed by atoms with Crippen LogP contribution in [0.3, 0.4) is 0 Å². The van der Waals surface area contributed by atoms with Gasteiger partial charge in [-0.3, -0.25) is 4.79 Å². The number of benzene rings is 2. The average molecular weight is 608 g/mol. The molecule has 1 aliphatic heterocycles. The Morgan fingerprint density at radius 2 is 2.02 bits per heavy atom. The Labute approximate surface area is 259 Å². The first-order chi connectivity index (χ1) is 20.8. The normalized spacial score (nSPS) is 27.0. The third-order valence-electron chi connectivity index (χ3n) is 10.2. The van der Waals surface area contributed by atoms with Crippen LogP contribution in [0, 0.1) is 17.8 Å². The number of halogens is 1. The maximum absolute atomic E-state index is 12.5. The van der Waals surface area contributed by atoms with Crippen molar-refractivity contribution in [1.82, 2.24) is 0 Å². The first-order valence-electron chi connectivity index (χ1n) is 15.7. The zero-order chi connectivity index (χ0) is 30.1. The maximum Gasteiger partial charge on any atom is 0.337 e. The van der Waals surface area contributed by atoms with Crippen LogP contribution in [0.2, 0.25) is 5.02 Å². The van der Waals surface area contributed by atoms with Crippen molar-refractivity contribution in [2.24, 2.45) is 17.8 Å². The second kappa shape index (κ2) is 12.5. The average Bonchev–Trinajstić information content (AvgIpc) is 3.15. The summed E-state index contributed by atoms with van der Waals surface area (Å²) >= 11 is 6.40. The Kier molecular flexibility index (Phi) is 8.74. The van der Waals surface area contributed by atoms with Gasteiger partial charge in [-0.2, -0.15) is 0 Å². The van der Waals surface area contributed by atoms with Crippen molar-refractivity contribution in [2.75, 3.05) is 38.3 Å². The summed E-state index contributed by atoms with van der Waals surface area (Å²) in [5.41, 5.74) is 4.81. The van der Waals surface area contributed by atoms with Gasteiger partial charge in [0.15, 0.2) is 0 Å². The van der Waals surface area contributed by atoms with E-state index in [1.807, 2.05) is 25.1 Å². The Morgan fingerprint density at radius 1 is 1.16 bits per heavy atom. The Balaban J connectivity index is 1.27. The van der Waals surface area contributed by atoms with Gasteiger partial charge in [-0.25, -0.2) is 4.79 Å². The molecule has 2 aromatic carbocycles. The summed E-state index contributed by atoms with van der Waals surface area (Å²) in [7, 11) is 1.40. The quantitative estimate of drug-likeness (QED) is 0.293. The zero-order valence-electron chi connectivity index (χ0n) is 25.1. The van der Waals surface area contributed by atoms with Crippen LogP contribution in [0.25, 0.3) is 0 Å². The molecule has 0 unspecified atom stereocenters. The highest BCUT2D eigenvalue weighted by atomic mass is 35.5. The molecule has 0 saturated heterocycles. The molecule has 6 rings (SSSR count). The molecule has 43 heavy (non-hydrogen) atoms. The Morgan fingerprint density at radius 3 is 2.74 bits per heavy atom. The van der Waals surface area contributed by atoms with Crippen LogP contribution in [0.5, 0.6) is 5.75 Å². The van der Waals surface area contributed by atoms with Crippen LogP contribution < -0.4 is 9.64 Å². The van der Waals surface area contributed by atoms with Crippen molar-refractivity contribution in [3.8, 4) is 5.75 Å². The van der Waals surface area contributed by atoms with Crippen molar-refractivity contribution in [3.63, 3.8) is 0 Å². The molecule has 7 nitrogen and oxygen atoms in total. The van der Waals surface area contributed by atoms with E-state index in [2.05, 4.69) is 23.1 Å². The molecule has 8 heteroatoms. The minimum atomic E-state index is -0.516. The first-order valence-corrected chi connectivity index (χ1v) is 16.1. The number of aryl methyl sites for hydroxylation is 1. The number of allylic oxidation sites excluding steroid dienone is 1. The van der Waals surface area contributed by atoms with Crippen molar-refractivity contribution in [3.05, 3.63) is 69.8 Å². The summed E-state index contributed by atoms with van der Waals surface area (Å²) in [6.07, 6.45) is 8.68. The lowest BCUT2D eigenvalue weighted by Gasteiger charge is -2.46. The van der Waals surface area contributed by atoms with Crippen molar-refractivity contribution in [2.45, 2.75) is 69.8 Å². The monoisotopic (exact) mass is 607 g/mol. The number of fused-ring (bicyclic) bond motifs is 3. The van der Waals surface area contributed by atoms with Gasteiger partial charge in [-0.15, -0.1) is 0 Å². The van der Waals surface area contributed by atoms with Gasteiger partial charge in [0.05, 0.1) is 43.6 Å². The van der Waals surface area contributed by atoms with Gasteiger partial charge in [-0.05, 0) is 117 Å². The van der Waals surface area contributed by atoms with Crippen LogP contribution in [0.1, 0.15) is 73.4 Å². The van der Waals surface area contributed by atoms with Crippen molar-refractivity contribution < 1.29 is 28.9 Å². The van der Waals surface area contributed by atoms with Gasteiger partial charge in [0.25, 0.3) is 0 Å². The van der Waals surface area contributed by atoms with Gasteiger partial charge < -0.3 is 24.2 Å². The first kappa shape index (κ1) is 30.0. The van der Waals surface area contributed by atoms with E-state index in [0.717, 1.165) is 80.1 Å². The molecule has 2 aromatic rings. The van der Waals surface area contributed by atoms with E-state index < -0.39 is 6.10 Å². The molecule has 1 N–H and O–H groups in total. The standard InChI is InChI=1S/C35H42ClNO6/c1-3-42-34(40)23-8-6-22(7-9-23)32(38)28-13-10-26(28)19-37-20-35(16-4-5-24-17-27(36)12-14-29(24)35)21-43-31-15-11-25(18-30(31)37)33(39)41-2/h6,11-12,14-15,17-18,23,26,28,32,38H,3-5,7-10,13,16,19-21H2,1-2H3/t23-,26+,28-,32-,35+/m1/s1. The second-order valence-corrected chi connectivity index (χ2v) is 13.2. The summed E-state index contributed by atoms with van der Waals surface area (Å²) in [5, 5.41) is 12.3. The fourth-order valence-corrected chi connectivity index (χ4v) is 7.95. The summed E-state index contributed by atoms with van der Waals surface area (Å²) in [6.45, 7) is 4.28. The number of hydrogen-bond donors (Lipinski definition) is 1. The van der Waals surface area contributed by atoms with E-state index in [-0.39, 0.29) is 35.1 Å². The number of aliphatic hydroxyl groups excluding tert-OH is 1. The SMILES string of the molecule is CCOC(=O)[C@@H]1CC=C([C@@H](O)[C@@H]2CC[C@H]2CN2C[C@@]3(CCCc4cc(Cl)ccc43)COc3ccc(C(=O)OC)cc32)CC1. The molecule has 1 fully saturated rings. The molecule has 4 aliphatic rings. The summed E-state index contributed by atoms with van der Waals surface area (Å²) in [6, 6.07) is 11.8. The van der Waals surface area contributed by atoms with Crippen LogP contribution in [0.15, 0.2) is 48.0 Å². The predicted molar refractivity (Wildman–Crippen MR) is 166 cm³/mol. The molecule has 1 spiro atoms. The number of ether oxygens (including phenoxy) is 3. The van der Waals surface area contributed by atoms with E-state index >= 15 is 0 Å². The smallest absolute Gasteiger partial charge is 0.337 e.